The number of morpholine rings is 1. The smallest absolute Gasteiger partial charge is 0.147 e. The van der Waals surface area contributed by atoms with E-state index in [1.807, 2.05) is 18.2 Å². The van der Waals surface area contributed by atoms with Crippen molar-refractivity contribution < 1.29 is 9.47 Å². The summed E-state index contributed by atoms with van der Waals surface area (Å²) in [5, 5.41) is 0. The fourth-order valence-corrected chi connectivity index (χ4v) is 3.54. The Balaban J connectivity index is 1.45. The summed E-state index contributed by atoms with van der Waals surface area (Å²) in [6.45, 7) is 8.38. The Labute approximate surface area is 160 Å². The number of aromatic nitrogens is 2. The van der Waals surface area contributed by atoms with Gasteiger partial charge in [-0.25, -0.2) is 4.98 Å². The van der Waals surface area contributed by atoms with Crippen LogP contribution in [-0.4, -0.2) is 47.3 Å². The summed E-state index contributed by atoms with van der Waals surface area (Å²) in [5.41, 5.74) is 3.45. The first-order valence-electron chi connectivity index (χ1n) is 9.73. The molecule has 5 nitrogen and oxygen atoms in total. The van der Waals surface area contributed by atoms with Crippen molar-refractivity contribution in [1.82, 2.24) is 14.5 Å². The fourth-order valence-electron chi connectivity index (χ4n) is 3.54. The van der Waals surface area contributed by atoms with Crippen LogP contribution in [0.1, 0.15) is 17.8 Å². The first-order chi connectivity index (χ1) is 13.3. The Morgan fingerprint density at radius 2 is 1.78 bits per heavy atom. The maximum absolute atomic E-state index is 6.00. The van der Waals surface area contributed by atoms with E-state index in [-0.39, 0.29) is 0 Å². The second-order valence-corrected chi connectivity index (χ2v) is 7.08. The Hall–Kier alpha value is -2.37. The van der Waals surface area contributed by atoms with Crippen LogP contribution < -0.4 is 4.74 Å². The molecule has 0 aliphatic carbocycles. The molecule has 1 saturated heterocycles. The van der Waals surface area contributed by atoms with Gasteiger partial charge >= 0.3 is 0 Å². The summed E-state index contributed by atoms with van der Waals surface area (Å²) in [6.07, 6.45) is 1.10. The molecule has 3 aromatic rings. The number of imidazole rings is 1. The minimum absolute atomic E-state index is 0.481. The summed E-state index contributed by atoms with van der Waals surface area (Å²) >= 11 is 0. The molecule has 0 spiro atoms. The molecule has 0 bridgehead atoms. The van der Waals surface area contributed by atoms with Crippen molar-refractivity contribution in [2.75, 3.05) is 32.8 Å². The van der Waals surface area contributed by atoms with Crippen LogP contribution >= 0.6 is 0 Å². The number of nitrogens with zero attached hydrogens (tertiary/aromatic N) is 3. The van der Waals surface area contributed by atoms with Crippen molar-refractivity contribution in [2.24, 2.45) is 0 Å². The van der Waals surface area contributed by atoms with Crippen molar-refractivity contribution in [1.29, 1.82) is 0 Å². The molecule has 142 valence electrons. The van der Waals surface area contributed by atoms with Gasteiger partial charge in [-0.2, -0.15) is 0 Å². The van der Waals surface area contributed by atoms with Crippen LogP contribution in [0.15, 0.2) is 48.5 Å². The van der Waals surface area contributed by atoms with E-state index in [9.17, 15) is 0 Å². The predicted octanol–water partition coefficient (Wildman–Crippen LogP) is 3.65. The van der Waals surface area contributed by atoms with E-state index in [0.717, 1.165) is 62.9 Å². The van der Waals surface area contributed by atoms with Crippen LogP contribution in [0.5, 0.6) is 5.75 Å². The number of aryl methyl sites for hydroxylation is 2. The number of hydrogen-bond acceptors (Lipinski definition) is 4. The van der Waals surface area contributed by atoms with E-state index in [2.05, 4.69) is 46.7 Å². The second kappa shape index (κ2) is 8.55. The highest BCUT2D eigenvalue weighted by Crippen LogP contribution is 2.19. The lowest BCUT2D eigenvalue weighted by Crippen LogP contribution is -2.37. The van der Waals surface area contributed by atoms with Crippen molar-refractivity contribution in [3.8, 4) is 5.75 Å². The van der Waals surface area contributed by atoms with Gasteiger partial charge in [0.25, 0.3) is 0 Å². The standard InChI is InChI=1S/C22H27N3O2/c1-18-7-9-19(10-8-18)27-17-22-23-20-5-2-3-6-21(20)25(22)12-4-11-24-13-15-26-16-14-24/h2-3,5-10H,4,11-17H2,1H3. The molecule has 0 saturated carbocycles. The monoisotopic (exact) mass is 365 g/mol. The molecular formula is C22H27N3O2. The molecule has 0 atom stereocenters. The van der Waals surface area contributed by atoms with Crippen molar-refractivity contribution in [2.45, 2.75) is 26.5 Å². The highest BCUT2D eigenvalue weighted by atomic mass is 16.5. The van der Waals surface area contributed by atoms with Gasteiger partial charge in [-0.3, -0.25) is 4.90 Å². The van der Waals surface area contributed by atoms with Gasteiger partial charge in [0.1, 0.15) is 18.2 Å². The average molecular weight is 365 g/mol. The van der Waals surface area contributed by atoms with Gasteiger partial charge in [0.05, 0.1) is 24.2 Å². The van der Waals surface area contributed by atoms with Crippen molar-refractivity contribution >= 4 is 11.0 Å². The molecule has 5 heteroatoms. The number of benzene rings is 2. The summed E-state index contributed by atoms with van der Waals surface area (Å²) in [5.74, 6) is 1.87. The van der Waals surface area contributed by atoms with Gasteiger partial charge < -0.3 is 14.0 Å². The molecule has 1 aliphatic rings. The molecule has 0 N–H and O–H groups in total. The van der Waals surface area contributed by atoms with E-state index in [4.69, 9.17) is 14.5 Å². The fraction of sp³-hybridized carbons (Fsp3) is 0.409. The highest BCUT2D eigenvalue weighted by molar-refractivity contribution is 5.75. The SMILES string of the molecule is Cc1ccc(OCc2nc3ccccc3n2CCCN2CCOCC2)cc1. The Morgan fingerprint density at radius 1 is 1.00 bits per heavy atom. The van der Waals surface area contributed by atoms with Gasteiger partial charge in [-0.15, -0.1) is 0 Å². The minimum Gasteiger partial charge on any atom is -0.486 e. The zero-order valence-electron chi connectivity index (χ0n) is 15.9. The van der Waals surface area contributed by atoms with E-state index >= 15 is 0 Å². The lowest BCUT2D eigenvalue weighted by Gasteiger charge is -2.26. The zero-order chi connectivity index (χ0) is 18.5. The maximum atomic E-state index is 6.00. The molecule has 0 amide bonds. The van der Waals surface area contributed by atoms with Gasteiger partial charge in [0.15, 0.2) is 0 Å². The van der Waals surface area contributed by atoms with E-state index in [1.165, 1.54) is 11.1 Å². The van der Waals surface area contributed by atoms with Crippen LogP contribution in [0, 0.1) is 6.92 Å². The lowest BCUT2D eigenvalue weighted by molar-refractivity contribution is 0.0369. The van der Waals surface area contributed by atoms with E-state index in [1.54, 1.807) is 0 Å². The first-order valence-corrected chi connectivity index (χ1v) is 9.73. The highest BCUT2D eigenvalue weighted by Gasteiger charge is 2.13. The number of hydrogen-bond donors (Lipinski definition) is 0. The van der Waals surface area contributed by atoms with Gasteiger partial charge in [-0.05, 0) is 37.6 Å². The molecule has 0 unspecified atom stereocenters. The number of para-hydroxylation sites is 2. The van der Waals surface area contributed by atoms with Crippen LogP contribution in [-0.2, 0) is 17.9 Å². The van der Waals surface area contributed by atoms with Gasteiger partial charge in [0, 0.05) is 26.2 Å². The molecule has 1 fully saturated rings. The van der Waals surface area contributed by atoms with Crippen molar-refractivity contribution in [3.05, 3.63) is 59.9 Å². The third kappa shape index (κ3) is 4.49. The summed E-state index contributed by atoms with van der Waals surface area (Å²) in [7, 11) is 0. The number of fused-ring (bicyclic) bond motifs is 1. The quantitative estimate of drug-likeness (QED) is 0.641. The molecule has 2 heterocycles. The van der Waals surface area contributed by atoms with Gasteiger partial charge in [0.2, 0.25) is 0 Å². The minimum atomic E-state index is 0.481. The van der Waals surface area contributed by atoms with E-state index < -0.39 is 0 Å². The summed E-state index contributed by atoms with van der Waals surface area (Å²) < 4.78 is 13.7. The van der Waals surface area contributed by atoms with Crippen molar-refractivity contribution in [3.63, 3.8) is 0 Å². The third-order valence-electron chi connectivity index (χ3n) is 5.08. The van der Waals surface area contributed by atoms with Crippen LogP contribution in [0.3, 0.4) is 0 Å². The zero-order valence-corrected chi connectivity index (χ0v) is 15.9. The third-order valence-corrected chi connectivity index (χ3v) is 5.08. The maximum Gasteiger partial charge on any atom is 0.147 e. The number of ether oxygens (including phenoxy) is 2. The predicted molar refractivity (Wildman–Crippen MR) is 107 cm³/mol. The molecule has 27 heavy (non-hydrogen) atoms. The molecule has 1 aromatic heterocycles. The average Bonchev–Trinajstić information content (AvgIpc) is 3.06. The molecule has 1 aliphatic heterocycles. The normalized spacial score (nSPS) is 15.3. The molecule has 4 rings (SSSR count). The summed E-state index contributed by atoms with van der Waals surface area (Å²) in [4.78, 5) is 7.29. The molecule has 2 aromatic carbocycles. The van der Waals surface area contributed by atoms with Crippen LogP contribution in [0.25, 0.3) is 11.0 Å². The second-order valence-electron chi connectivity index (χ2n) is 7.08. The Morgan fingerprint density at radius 3 is 2.59 bits per heavy atom. The van der Waals surface area contributed by atoms with Crippen LogP contribution in [0.2, 0.25) is 0 Å². The Kier molecular flexibility index (Phi) is 5.70. The largest absolute Gasteiger partial charge is 0.486 e. The Bertz CT molecular complexity index is 867. The van der Waals surface area contributed by atoms with Crippen LogP contribution in [0.4, 0.5) is 0 Å². The molecule has 0 radical (unpaired) electrons. The number of rotatable bonds is 7. The first kappa shape index (κ1) is 18.0. The summed E-state index contributed by atoms with van der Waals surface area (Å²) in [6, 6.07) is 16.5. The molecular weight excluding hydrogens is 338 g/mol. The topological polar surface area (TPSA) is 39.5 Å². The van der Waals surface area contributed by atoms with Gasteiger partial charge in [-0.1, -0.05) is 29.8 Å². The van der Waals surface area contributed by atoms with E-state index in [0.29, 0.717) is 6.61 Å². The lowest BCUT2D eigenvalue weighted by atomic mass is 10.2.